The summed E-state index contributed by atoms with van der Waals surface area (Å²) in [5, 5.41) is 10.0. The quantitative estimate of drug-likeness (QED) is 0.266. The molecule has 0 saturated heterocycles. The molecule has 0 aromatic rings. The zero-order valence-corrected chi connectivity index (χ0v) is 19.2. The van der Waals surface area contributed by atoms with Gasteiger partial charge in [0.15, 0.2) is 0 Å². The van der Waals surface area contributed by atoms with E-state index in [4.69, 9.17) is 18.4 Å². The third-order valence-electron chi connectivity index (χ3n) is 2.40. The van der Waals surface area contributed by atoms with Crippen LogP contribution in [-0.4, -0.2) is 65.3 Å². The molecule has 1 N–H and O–H groups in total. The second kappa shape index (κ2) is 13.9. The van der Waals surface area contributed by atoms with Crippen molar-refractivity contribution >= 4 is 66.4 Å². The van der Waals surface area contributed by atoms with Crippen LogP contribution in [0.2, 0.25) is 8.87 Å². The normalized spacial score (nSPS) is 11.9. The molecular weight excluding hydrogens is 478 g/mol. The maximum atomic E-state index is 11.5. The molecule has 0 bridgehead atoms. The van der Waals surface area contributed by atoms with E-state index in [1.54, 1.807) is 0 Å². The summed E-state index contributed by atoms with van der Waals surface area (Å²) >= 11 is 2.69. The summed E-state index contributed by atoms with van der Waals surface area (Å²) in [6.07, 6.45) is 3.56. The van der Waals surface area contributed by atoms with Crippen LogP contribution < -0.4 is 0 Å². The molecule has 7 heteroatoms. The van der Waals surface area contributed by atoms with Crippen molar-refractivity contribution in [1.29, 1.82) is 0 Å². The Morgan fingerprint density at radius 3 is 2.21 bits per heavy atom. The first-order valence-corrected chi connectivity index (χ1v) is 14.6. The summed E-state index contributed by atoms with van der Waals surface area (Å²) in [5.74, 6) is -0.510. The van der Waals surface area contributed by atoms with Gasteiger partial charge in [0.25, 0.3) is 0 Å². The summed E-state index contributed by atoms with van der Waals surface area (Å²) in [6, 6.07) is 0. The average Bonchev–Trinajstić information content (AvgIpc) is 2.39. The predicted molar refractivity (Wildman–Crippen MR) is 84.1 cm³/mol. The van der Waals surface area contributed by atoms with Crippen molar-refractivity contribution in [2.24, 2.45) is 0 Å². The van der Waals surface area contributed by atoms with Crippen LogP contribution in [0.3, 0.4) is 0 Å². The standard InChI is InChI=1S/C4H6O4S.2C4H9.2Sn.2H/c5-2(4(7)8)1-3(6)9;2*1-3-4-2;;;;/h2,5H,1H2,(H,6,9)(H,7,8);2*1,3-4H2,2H3;;;;/q;;;2*+1;;/p-2. The second-order valence-corrected chi connectivity index (χ2v) is 11.3. The number of thiocarbonyl (C=S) groups is 1. The molecule has 1 unspecified atom stereocenters. The van der Waals surface area contributed by atoms with E-state index in [-0.39, 0.29) is 6.42 Å². The van der Waals surface area contributed by atoms with Crippen LogP contribution in [0.5, 0.6) is 0 Å². The molecule has 0 amide bonds. The van der Waals surface area contributed by atoms with Crippen LogP contribution in [0.15, 0.2) is 0 Å². The summed E-state index contributed by atoms with van der Waals surface area (Å²) in [7, 11) is 0. The number of hydrogen-bond acceptors (Lipinski definition) is 5. The minimum absolute atomic E-state index is 0.114. The Morgan fingerprint density at radius 2 is 1.68 bits per heavy atom. The number of hydrogen-bond donors (Lipinski definition) is 1. The summed E-state index contributed by atoms with van der Waals surface area (Å²) < 4.78 is 12.8. The second-order valence-electron chi connectivity index (χ2n) is 4.26. The number of aliphatic hydroxyl groups is 1. The molecule has 0 heterocycles. The third kappa shape index (κ3) is 12.4. The third-order valence-corrected chi connectivity index (χ3v) is 9.25. The van der Waals surface area contributed by atoms with Crippen LogP contribution in [0.4, 0.5) is 0 Å². The molecule has 110 valence electrons. The molecule has 1 atom stereocenters. The number of carbonyl (C=O) groups excluding carboxylic acids is 1. The fourth-order valence-corrected chi connectivity index (χ4v) is 7.53. The molecular formula is C12H24O4SSn2. The van der Waals surface area contributed by atoms with Crippen molar-refractivity contribution in [3.8, 4) is 0 Å². The molecule has 0 saturated carbocycles. The van der Waals surface area contributed by atoms with Gasteiger partial charge in [-0.05, 0) is 0 Å². The molecule has 0 aromatic heterocycles. The number of rotatable bonds is 11. The zero-order valence-electron chi connectivity index (χ0n) is 11.8. The van der Waals surface area contributed by atoms with Gasteiger partial charge in [0, 0.05) is 0 Å². The molecule has 0 rings (SSSR count). The van der Waals surface area contributed by atoms with E-state index in [0.717, 1.165) is 21.7 Å². The maximum absolute atomic E-state index is 11.5. The van der Waals surface area contributed by atoms with E-state index >= 15 is 0 Å². The first kappa shape index (κ1) is 19.9. The molecule has 0 aliphatic carbocycles. The van der Waals surface area contributed by atoms with Gasteiger partial charge in [0.05, 0.1) is 0 Å². The van der Waals surface area contributed by atoms with Crippen LogP contribution in [0, 0.1) is 0 Å². The van der Waals surface area contributed by atoms with Crippen molar-refractivity contribution in [2.45, 2.75) is 60.9 Å². The Labute approximate surface area is 142 Å². The van der Waals surface area contributed by atoms with Crippen molar-refractivity contribution in [1.82, 2.24) is 0 Å². The van der Waals surface area contributed by atoms with Gasteiger partial charge in [-0.2, -0.15) is 0 Å². The molecule has 0 aromatic carbocycles. The topological polar surface area (TPSA) is 55.8 Å². The van der Waals surface area contributed by atoms with E-state index in [1.807, 2.05) is 0 Å². The van der Waals surface area contributed by atoms with Crippen LogP contribution in [-0.2, 0) is 10.9 Å². The first-order chi connectivity index (χ1) is 9.11. The van der Waals surface area contributed by atoms with Crippen molar-refractivity contribution in [3.05, 3.63) is 0 Å². The van der Waals surface area contributed by atoms with Gasteiger partial charge in [-0.25, -0.2) is 0 Å². The number of unbranched alkanes of at least 4 members (excludes halogenated alkanes) is 2. The Hall–Kier alpha value is 0.917. The van der Waals surface area contributed by atoms with E-state index in [9.17, 15) is 9.90 Å². The monoisotopic (exact) mass is 504 g/mol. The summed E-state index contributed by atoms with van der Waals surface area (Å²) in [4.78, 5) is 11.5. The van der Waals surface area contributed by atoms with Crippen molar-refractivity contribution in [2.75, 3.05) is 0 Å². The Bertz CT molecular complexity index is 264. The number of aliphatic hydroxyl groups excluding tert-OH is 1. The van der Waals surface area contributed by atoms with Gasteiger partial charge >= 0.3 is 143 Å². The van der Waals surface area contributed by atoms with Crippen LogP contribution in [0.25, 0.3) is 0 Å². The molecule has 2 radical (unpaired) electrons. The first-order valence-electron chi connectivity index (χ1n) is 6.83. The molecule has 19 heavy (non-hydrogen) atoms. The number of carbonyl (C=O) groups is 1. The molecule has 0 aliphatic rings. The Kier molecular flexibility index (Phi) is 14.6. The average molecular weight is 502 g/mol. The Balaban J connectivity index is 3.66. The van der Waals surface area contributed by atoms with Crippen molar-refractivity contribution < 1.29 is 16.0 Å². The Morgan fingerprint density at radius 1 is 1.16 bits per heavy atom. The van der Waals surface area contributed by atoms with E-state index < -0.39 is 55.2 Å². The van der Waals surface area contributed by atoms with Gasteiger partial charge < -0.3 is 0 Å². The van der Waals surface area contributed by atoms with Crippen LogP contribution in [0.1, 0.15) is 46.0 Å². The molecule has 0 fully saturated rings. The fraction of sp³-hybridized carbons (Fsp3) is 0.833. The van der Waals surface area contributed by atoms with Gasteiger partial charge in [-0.1, -0.05) is 0 Å². The van der Waals surface area contributed by atoms with E-state index in [2.05, 4.69) is 13.8 Å². The van der Waals surface area contributed by atoms with Crippen LogP contribution >= 0.6 is 12.2 Å². The van der Waals surface area contributed by atoms with Crippen molar-refractivity contribution in [3.63, 3.8) is 0 Å². The van der Waals surface area contributed by atoms with Gasteiger partial charge in [0.2, 0.25) is 0 Å². The molecule has 0 spiro atoms. The zero-order chi connectivity index (χ0) is 14.5. The molecule has 0 aliphatic heterocycles. The van der Waals surface area contributed by atoms with Gasteiger partial charge in [-0.3, -0.25) is 0 Å². The fourth-order valence-electron chi connectivity index (χ4n) is 1.24. The predicted octanol–water partition coefficient (Wildman–Crippen LogP) is 1.76. The minimum atomic E-state index is -1.27. The van der Waals surface area contributed by atoms with E-state index in [1.165, 1.54) is 12.8 Å². The molecule has 4 nitrogen and oxygen atoms in total. The summed E-state index contributed by atoms with van der Waals surface area (Å²) in [6.45, 7) is 4.25. The van der Waals surface area contributed by atoms with Gasteiger partial charge in [0.1, 0.15) is 0 Å². The summed E-state index contributed by atoms with van der Waals surface area (Å²) in [5.41, 5.74) is 0. The SMILES string of the molecule is CCC[CH2][SnH][O]C(=O)C(O)CC(=S)[O][SnH][CH2]CCC. The van der Waals surface area contributed by atoms with Gasteiger partial charge in [-0.15, -0.1) is 0 Å². The van der Waals surface area contributed by atoms with E-state index in [0.29, 0.717) is 5.05 Å².